The molecular formula is C17H16N6OS. The molecule has 0 saturated heterocycles. The minimum atomic E-state index is -0.0909. The molecule has 4 rings (SSSR count). The number of fused-ring (bicyclic) bond motifs is 3. The summed E-state index contributed by atoms with van der Waals surface area (Å²) in [7, 11) is 3.48. The summed E-state index contributed by atoms with van der Waals surface area (Å²) < 4.78 is 1.91. The maximum atomic E-state index is 12.9. The van der Waals surface area contributed by atoms with Crippen LogP contribution >= 0.6 is 11.3 Å². The molecule has 1 amide bonds. The number of anilines is 2. The molecule has 126 valence electrons. The summed E-state index contributed by atoms with van der Waals surface area (Å²) in [6.07, 6.45) is 3.39. The number of thiazole rings is 1. The zero-order valence-electron chi connectivity index (χ0n) is 14.0. The van der Waals surface area contributed by atoms with Crippen molar-refractivity contribution in [1.82, 2.24) is 24.3 Å². The smallest absolute Gasteiger partial charge is 0.256 e. The number of hydrogen-bond donors (Lipinski definition) is 1. The van der Waals surface area contributed by atoms with Crippen molar-refractivity contribution >= 4 is 44.7 Å². The second-order valence-corrected chi connectivity index (χ2v) is 6.73. The van der Waals surface area contributed by atoms with Crippen molar-refractivity contribution < 1.29 is 4.79 Å². The van der Waals surface area contributed by atoms with Gasteiger partial charge in [-0.05, 0) is 19.1 Å². The number of hydrogen-bond acceptors (Lipinski definition) is 6. The molecule has 0 unspecified atom stereocenters. The van der Waals surface area contributed by atoms with Crippen LogP contribution in [0.25, 0.3) is 16.6 Å². The largest absolute Gasteiger partial charge is 0.345 e. The molecule has 8 heteroatoms. The average Bonchev–Trinajstić information content (AvgIpc) is 3.16. The number of aromatic nitrogens is 4. The Morgan fingerprint density at radius 3 is 2.84 bits per heavy atom. The highest BCUT2D eigenvalue weighted by Gasteiger charge is 2.23. The standard InChI is InChI=1S/C17H16N6OS/c1-10-8-25-17(20-10)21-14-13-12(16(24)22(2)3)11-6-4-5-7-23(11)15(13)19-9-18-14/h4-9H,1-3H3,(H,18,19,20,21). The highest BCUT2D eigenvalue weighted by Crippen LogP contribution is 2.32. The molecule has 4 aromatic heterocycles. The van der Waals surface area contributed by atoms with Crippen LogP contribution in [0.4, 0.5) is 10.9 Å². The van der Waals surface area contributed by atoms with Crippen LogP contribution in [0.3, 0.4) is 0 Å². The Labute approximate surface area is 148 Å². The van der Waals surface area contributed by atoms with Gasteiger partial charge in [-0.15, -0.1) is 11.3 Å². The zero-order chi connectivity index (χ0) is 17.6. The van der Waals surface area contributed by atoms with Crippen LogP contribution < -0.4 is 5.32 Å². The van der Waals surface area contributed by atoms with E-state index in [2.05, 4.69) is 20.3 Å². The second-order valence-electron chi connectivity index (χ2n) is 5.87. The van der Waals surface area contributed by atoms with Crippen LogP contribution in [0, 0.1) is 6.92 Å². The van der Waals surface area contributed by atoms with Crippen LogP contribution in [-0.2, 0) is 0 Å². The lowest BCUT2D eigenvalue weighted by Gasteiger charge is -2.11. The average molecular weight is 352 g/mol. The third-order valence-electron chi connectivity index (χ3n) is 3.89. The number of carbonyl (C=O) groups is 1. The van der Waals surface area contributed by atoms with Gasteiger partial charge >= 0.3 is 0 Å². The van der Waals surface area contributed by atoms with Gasteiger partial charge in [-0.3, -0.25) is 4.79 Å². The third-order valence-corrected chi connectivity index (χ3v) is 4.76. The number of aryl methyl sites for hydroxylation is 1. The monoisotopic (exact) mass is 352 g/mol. The van der Waals surface area contributed by atoms with Crippen molar-refractivity contribution in [3.05, 3.63) is 47.4 Å². The minimum Gasteiger partial charge on any atom is -0.345 e. The van der Waals surface area contributed by atoms with Crippen LogP contribution in [0.5, 0.6) is 0 Å². The van der Waals surface area contributed by atoms with Gasteiger partial charge in [0.05, 0.1) is 22.2 Å². The first-order valence-corrected chi connectivity index (χ1v) is 8.59. The van der Waals surface area contributed by atoms with Gasteiger partial charge < -0.3 is 14.6 Å². The molecule has 7 nitrogen and oxygen atoms in total. The summed E-state index contributed by atoms with van der Waals surface area (Å²) >= 11 is 1.50. The number of nitrogens with zero attached hydrogens (tertiary/aromatic N) is 5. The molecule has 0 bridgehead atoms. The molecule has 4 aromatic rings. The fraction of sp³-hybridized carbons (Fsp3) is 0.176. The number of nitrogens with one attached hydrogen (secondary N) is 1. The molecular weight excluding hydrogens is 336 g/mol. The van der Waals surface area contributed by atoms with E-state index in [1.807, 2.05) is 41.1 Å². The Kier molecular flexibility index (Phi) is 3.61. The highest BCUT2D eigenvalue weighted by molar-refractivity contribution is 7.13. The van der Waals surface area contributed by atoms with Crippen LogP contribution in [0.1, 0.15) is 16.1 Å². The van der Waals surface area contributed by atoms with Gasteiger partial charge in [0.1, 0.15) is 12.1 Å². The second kappa shape index (κ2) is 5.82. The Balaban J connectivity index is 2.03. The van der Waals surface area contributed by atoms with Gasteiger partial charge in [0.15, 0.2) is 10.8 Å². The molecule has 0 aromatic carbocycles. The third kappa shape index (κ3) is 2.51. The van der Waals surface area contributed by atoms with Crippen molar-refractivity contribution in [2.45, 2.75) is 6.92 Å². The van der Waals surface area contributed by atoms with Crippen molar-refractivity contribution in [2.75, 3.05) is 19.4 Å². The number of pyridine rings is 1. The predicted octanol–water partition coefficient (Wildman–Crippen LogP) is 3.09. The summed E-state index contributed by atoms with van der Waals surface area (Å²) in [4.78, 5) is 27.6. The van der Waals surface area contributed by atoms with E-state index in [9.17, 15) is 4.79 Å². The first kappa shape index (κ1) is 15.5. The normalized spacial score (nSPS) is 11.2. The maximum absolute atomic E-state index is 12.9. The Morgan fingerprint density at radius 2 is 2.12 bits per heavy atom. The summed E-state index contributed by atoms with van der Waals surface area (Å²) in [6.45, 7) is 1.94. The Hall–Kier alpha value is -3.00. The van der Waals surface area contributed by atoms with E-state index in [4.69, 9.17) is 0 Å². The summed E-state index contributed by atoms with van der Waals surface area (Å²) in [6, 6.07) is 5.73. The van der Waals surface area contributed by atoms with Gasteiger partial charge in [-0.1, -0.05) is 6.07 Å². The van der Waals surface area contributed by atoms with E-state index in [0.717, 1.165) is 16.3 Å². The van der Waals surface area contributed by atoms with Gasteiger partial charge in [0.2, 0.25) is 0 Å². The van der Waals surface area contributed by atoms with E-state index in [0.29, 0.717) is 22.4 Å². The van der Waals surface area contributed by atoms with Gasteiger partial charge in [-0.25, -0.2) is 15.0 Å². The summed E-state index contributed by atoms with van der Waals surface area (Å²) in [5.41, 5.74) is 3.00. The van der Waals surface area contributed by atoms with Crippen molar-refractivity contribution in [3.8, 4) is 0 Å². The maximum Gasteiger partial charge on any atom is 0.256 e. The first-order valence-electron chi connectivity index (χ1n) is 7.71. The molecule has 0 fully saturated rings. The molecule has 4 heterocycles. The van der Waals surface area contributed by atoms with Crippen molar-refractivity contribution in [2.24, 2.45) is 0 Å². The topological polar surface area (TPSA) is 75.4 Å². The number of carbonyl (C=O) groups excluding carboxylic acids is 1. The lowest BCUT2D eigenvalue weighted by Crippen LogP contribution is -2.21. The fourth-order valence-corrected chi connectivity index (χ4v) is 3.48. The van der Waals surface area contributed by atoms with Crippen LogP contribution in [0.2, 0.25) is 0 Å². The Bertz CT molecular complexity index is 1100. The molecule has 25 heavy (non-hydrogen) atoms. The quantitative estimate of drug-likeness (QED) is 0.613. The summed E-state index contributed by atoms with van der Waals surface area (Å²) in [5.74, 6) is 0.486. The minimum absolute atomic E-state index is 0.0909. The lowest BCUT2D eigenvalue weighted by molar-refractivity contribution is 0.0831. The van der Waals surface area contributed by atoms with E-state index in [1.165, 1.54) is 17.7 Å². The molecule has 0 saturated carbocycles. The highest BCUT2D eigenvalue weighted by atomic mass is 32.1. The molecule has 0 aliphatic rings. The zero-order valence-corrected chi connectivity index (χ0v) is 14.8. The van der Waals surface area contributed by atoms with Gasteiger partial charge in [0, 0.05) is 25.7 Å². The fourth-order valence-electron chi connectivity index (χ4n) is 2.80. The first-order chi connectivity index (χ1) is 12.1. The SMILES string of the molecule is Cc1csc(Nc2ncnc3c2c(C(=O)N(C)C)c2ccccn23)n1. The van der Waals surface area contributed by atoms with Gasteiger partial charge in [-0.2, -0.15) is 0 Å². The molecule has 1 N–H and O–H groups in total. The van der Waals surface area contributed by atoms with Crippen molar-refractivity contribution in [1.29, 1.82) is 0 Å². The van der Waals surface area contributed by atoms with Crippen LogP contribution in [0.15, 0.2) is 36.1 Å². The van der Waals surface area contributed by atoms with Crippen molar-refractivity contribution in [3.63, 3.8) is 0 Å². The molecule has 0 radical (unpaired) electrons. The van der Waals surface area contributed by atoms with Crippen LogP contribution in [-0.4, -0.2) is 44.3 Å². The molecule has 0 atom stereocenters. The molecule has 0 spiro atoms. The van der Waals surface area contributed by atoms with E-state index in [-0.39, 0.29) is 5.91 Å². The van der Waals surface area contributed by atoms with E-state index in [1.54, 1.807) is 19.0 Å². The molecule has 0 aliphatic carbocycles. The lowest BCUT2D eigenvalue weighted by atomic mass is 10.1. The summed E-state index contributed by atoms with van der Waals surface area (Å²) in [5, 5.41) is 6.62. The molecule has 0 aliphatic heterocycles. The predicted molar refractivity (Wildman–Crippen MR) is 98.6 cm³/mol. The van der Waals surface area contributed by atoms with E-state index >= 15 is 0 Å². The number of amides is 1. The number of rotatable bonds is 3. The van der Waals surface area contributed by atoms with Gasteiger partial charge in [0.25, 0.3) is 5.91 Å². The van der Waals surface area contributed by atoms with E-state index < -0.39 is 0 Å². The Morgan fingerprint density at radius 1 is 1.28 bits per heavy atom.